The summed E-state index contributed by atoms with van der Waals surface area (Å²) in [6.45, 7) is 0.470. The second-order valence-corrected chi connectivity index (χ2v) is 5.08. The average Bonchev–Trinajstić information content (AvgIpc) is 2.40. The smallest absolute Gasteiger partial charge is 0.340 e. The Kier molecular flexibility index (Phi) is 4.42. The maximum Gasteiger partial charge on any atom is 0.340 e. The summed E-state index contributed by atoms with van der Waals surface area (Å²) in [6, 6.07) is 1.44. The van der Waals surface area contributed by atoms with Crippen molar-refractivity contribution in [2.24, 2.45) is 5.92 Å². The molecule has 0 aromatic carbocycles. The molecule has 2 N–H and O–H groups in total. The number of carbonyl (C=O) groups excluding carboxylic acids is 1. The van der Waals surface area contributed by atoms with E-state index in [1.54, 1.807) is 0 Å². The SMILES string of the molecule is Nc1cnc(Cl)cc1C(=O)OCC1CCCCC1. The molecular weight excluding hydrogens is 252 g/mol. The van der Waals surface area contributed by atoms with Crippen molar-refractivity contribution in [2.45, 2.75) is 32.1 Å². The molecule has 0 saturated heterocycles. The number of nitrogens with two attached hydrogens (primary N) is 1. The normalized spacial score (nSPS) is 16.5. The van der Waals surface area contributed by atoms with Gasteiger partial charge in [0.05, 0.1) is 24.1 Å². The van der Waals surface area contributed by atoms with Gasteiger partial charge in [0.15, 0.2) is 0 Å². The first-order valence-corrected chi connectivity index (χ1v) is 6.63. The molecule has 0 atom stereocenters. The van der Waals surface area contributed by atoms with Gasteiger partial charge >= 0.3 is 5.97 Å². The zero-order chi connectivity index (χ0) is 13.0. The van der Waals surface area contributed by atoms with Crippen LogP contribution < -0.4 is 5.73 Å². The lowest BCUT2D eigenvalue weighted by atomic mass is 9.90. The standard InChI is InChI=1S/C13H17ClN2O2/c14-12-6-10(11(15)7-16-12)13(17)18-8-9-4-2-1-3-5-9/h6-7,9H,1-5,8,15H2. The second kappa shape index (κ2) is 6.05. The molecule has 1 saturated carbocycles. The Balaban J connectivity index is 1.92. The van der Waals surface area contributed by atoms with Gasteiger partial charge in [-0.3, -0.25) is 0 Å². The van der Waals surface area contributed by atoms with Crippen molar-refractivity contribution in [3.8, 4) is 0 Å². The highest BCUT2D eigenvalue weighted by Gasteiger charge is 2.18. The molecular formula is C13H17ClN2O2. The zero-order valence-corrected chi connectivity index (χ0v) is 10.9. The van der Waals surface area contributed by atoms with E-state index in [9.17, 15) is 4.79 Å². The van der Waals surface area contributed by atoms with Crippen LogP contribution in [0.4, 0.5) is 5.69 Å². The predicted molar refractivity (Wildman–Crippen MR) is 70.5 cm³/mol. The maximum absolute atomic E-state index is 11.9. The number of ether oxygens (including phenoxy) is 1. The first-order chi connectivity index (χ1) is 8.66. The molecule has 0 spiro atoms. The summed E-state index contributed by atoms with van der Waals surface area (Å²) in [5, 5.41) is 0.244. The van der Waals surface area contributed by atoms with Crippen molar-refractivity contribution in [1.82, 2.24) is 4.98 Å². The zero-order valence-electron chi connectivity index (χ0n) is 10.2. The number of hydrogen-bond acceptors (Lipinski definition) is 4. The van der Waals surface area contributed by atoms with Crippen LogP contribution in [0.5, 0.6) is 0 Å². The van der Waals surface area contributed by atoms with E-state index in [0.29, 0.717) is 23.8 Å². The number of rotatable bonds is 3. The summed E-state index contributed by atoms with van der Waals surface area (Å²) in [4.78, 5) is 15.7. The molecule has 0 radical (unpaired) electrons. The molecule has 0 bridgehead atoms. The van der Waals surface area contributed by atoms with Crippen molar-refractivity contribution >= 4 is 23.3 Å². The molecule has 1 aromatic rings. The number of nitrogen functional groups attached to an aromatic ring is 1. The highest BCUT2D eigenvalue weighted by molar-refractivity contribution is 6.29. The summed E-state index contributed by atoms with van der Waals surface area (Å²) in [5.41, 5.74) is 6.27. The lowest BCUT2D eigenvalue weighted by molar-refractivity contribution is 0.0411. The molecule has 2 rings (SSSR count). The van der Waals surface area contributed by atoms with E-state index >= 15 is 0 Å². The molecule has 1 heterocycles. The van der Waals surface area contributed by atoms with Gasteiger partial charge in [-0.1, -0.05) is 30.9 Å². The van der Waals surface area contributed by atoms with Crippen LogP contribution in [0, 0.1) is 5.92 Å². The summed E-state index contributed by atoms with van der Waals surface area (Å²) in [7, 11) is 0. The Labute approximate surface area is 111 Å². The largest absolute Gasteiger partial charge is 0.462 e. The van der Waals surface area contributed by atoms with Gasteiger partial charge in [-0.25, -0.2) is 9.78 Å². The monoisotopic (exact) mass is 268 g/mol. The third-order valence-corrected chi connectivity index (χ3v) is 3.50. The van der Waals surface area contributed by atoms with Crippen LogP contribution in [0.15, 0.2) is 12.3 Å². The van der Waals surface area contributed by atoms with Crippen LogP contribution in [0.1, 0.15) is 42.5 Å². The number of pyridine rings is 1. The first-order valence-electron chi connectivity index (χ1n) is 6.25. The van der Waals surface area contributed by atoms with Crippen LogP contribution in [-0.2, 0) is 4.74 Å². The van der Waals surface area contributed by atoms with E-state index in [-0.39, 0.29) is 5.15 Å². The molecule has 1 aliphatic rings. The fourth-order valence-corrected chi connectivity index (χ4v) is 2.40. The summed E-state index contributed by atoms with van der Waals surface area (Å²) in [6.07, 6.45) is 7.40. The van der Waals surface area contributed by atoms with Gasteiger partial charge in [0, 0.05) is 0 Å². The summed E-state index contributed by atoms with van der Waals surface area (Å²) < 4.78 is 5.30. The Morgan fingerprint density at radius 2 is 2.17 bits per heavy atom. The highest BCUT2D eigenvalue weighted by atomic mass is 35.5. The van der Waals surface area contributed by atoms with Crippen LogP contribution in [-0.4, -0.2) is 17.6 Å². The number of halogens is 1. The van der Waals surface area contributed by atoms with Crippen molar-refractivity contribution in [2.75, 3.05) is 12.3 Å². The van der Waals surface area contributed by atoms with Crippen LogP contribution >= 0.6 is 11.6 Å². The van der Waals surface area contributed by atoms with Gasteiger partial charge in [-0.2, -0.15) is 0 Å². The Morgan fingerprint density at radius 3 is 2.89 bits per heavy atom. The van der Waals surface area contributed by atoms with Crippen LogP contribution in [0.25, 0.3) is 0 Å². The quantitative estimate of drug-likeness (QED) is 0.676. The number of carbonyl (C=O) groups is 1. The molecule has 5 heteroatoms. The number of nitrogens with zero attached hydrogens (tertiary/aromatic N) is 1. The Hall–Kier alpha value is -1.29. The minimum atomic E-state index is -0.414. The van der Waals surface area contributed by atoms with Crippen molar-refractivity contribution in [1.29, 1.82) is 0 Å². The molecule has 18 heavy (non-hydrogen) atoms. The second-order valence-electron chi connectivity index (χ2n) is 4.70. The van der Waals surface area contributed by atoms with Gasteiger partial charge in [0.2, 0.25) is 0 Å². The first kappa shape index (κ1) is 13.1. The minimum Gasteiger partial charge on any atom is -0.462 e. The minimum absolute atomic E-state index is 0.244. The Bertz CT molecular complexity index is 431. The van der Waals surface area contributed by atoms with Crippen molar-refractivity contribution in [3.05, 3.63) is 23.0 Å². The van der Waals surface area contributed by atoms with Gasteiger partial charge in [-0.05, 0) is 24.8 Å². The van der Waals surface area contributed by atoms with Crippen molar-refractivity contribution < 1.29 is 9.53 Å². The van der Waals surface area contributed by atoms with Gasteiger partial charge < -0.3 is 10.5 Å². The van der Waals surface area contributed by atoms with Crippen LogP contribution in [0.2, 0.25) is 5.15 Å². The van der Waals surface area contributed by atoms with Gasteiger partial charge in [-0.15, -0.1) is 0 Å². The van der Waals surface area contributed by atoms with E-state index in [0.717, 1.165) is 12.8 Å². The average molecular weight is 269 g/mol. The van der Waals surface area contributed by atoms with Crippen molar-refractivity contribution in [3.63, 3.8) is 0 Å². The number of anilines is 1. The third-order valence-electron chi connectivity index (χ3n) is 3.30. The molecule has 4 nitrogen and oxygen atoms in total. The number of esters is 1. The summed E-state index contributed by atoms with van der Waals surface area (Å²) >= 11 is 5.74. The van der Waals surface area contributed by atoms with E-state index < -0.39 is 5.97 Å². The Morgan fingerprint density at radius 1 is 1.44 bits per heavy atom. The maximum atomic E-state index is 11.9. The molecule has 98 valence electrons. The van der Waals surface area contributed by atoms with E-state index in [1.165, 1.54) is 31.5 Å². The predicted octanol–water partition coefficient (Wildman–Crippen LogP) is 3.05. The van der Waals surface area contributed by atoms with Gasteiger partial charge in [0.1, 0.15) is 5.15 Å². The third kappa shape index (κ3) is 3.35. The number of hydrogen-bond donors (Lipinski definition) is 1. The molecule has 1 aliphatic carbocycles. The molecule has 1 fully saturated rings. The molecule has 1 aromatic heterocycles. The lowest BCUT2D eigenvalue weighted by Gasteiger charge is -2.21. The number of aromatic nitrogens is 1. The molecule has 0 amide bonds. The fraction of sp³-hybridized carbons (Fsp3) is 0.538. The topological polar surface area (TPSA) is 65.2 Å². The van der Waals surface area contributed by atoms with Gasteiger partial charge in [0.25, 0.3) is 0 Å². The lowest BCUT2D eigenvalue weighted by Crippen LogP contribution is -2.17. The van der Waals surface area contributed by atoms with Crippen LogP contribution in [0.3, 0.4) is 0 Å². The highest BCUT2D eigenvalue weighted by Crippen LogP contribution is 2.24. The molecule has 0 unspecified atom stereocenters. The van der Waals surface area contributed by atoms with E-state index in [1.807, 2.05) is 0 Å². The van der Waals surface area contributed by atoms with E-state index in [2.05, 4.69) is 4.98 Å². The fourth-order valence-electron chi connectivity index (χ4n) is 2.24. The molecule has 0 aliphatic heterocycles. The van der Waals surface area contributed by atoms with E-state index in [4.69, 9.17) is 22.1 Å². The summed E-state index contributed by atoms with van der Waals surface area (Å²) in [5.74, 6) is 0.0728.